The molecule has 3 rings (SSSR count). The minimum Gasteiger partial charge on any atom is -0.391 e. The monoisotopic (exact) mass is 632 g/mol. The molecule has 1 aliphatic carbocycles. The lowest BCUT2D eigenvalue weighted by atomic mass is 9.63. The molecule has 0 bridgehead atoms. The van der Waals surface area contributed by atoms with Crippen LogP contribution in [-0.4, -0.2) is 56.0 Å². The molecule has 12 heteroatoms. The van der Waals surface area contributed by atoms with Crippen molar-refractivity contribution < 1.29 is 31.9 Å². The summed E-state index contributed by atoms with van der Waals surface area (Å²) in [6, 6.07) is 8.99. The van der Waals surface area contributed by atoms with Gasteiger partial charge in [-0.3, -0.25) is 9.59 Å². The van der Waals surface area contributed by atoms with Crippen molar-refractivity contribution >= 4 is 21.8 Å². The lowest BCUT2D eigenvalue weighted by molar-refractivity contribution is -0.132. The van der Waals surface area contributed by atoms with Crippen LogP contribution in [0.1, 0.15) is 51.2 Å². The Labute approximate surface area is 258 Å². The topological polar surface area (TPSA) is 156 Å². The fraction of sp³-hybridized carbons (Fsp3) is 0.438. The Morgan fingerprint density at radius 1 is 1.07 bits per heavy atom. The summed E-state index contributed by atoms with van der Waals surface area (Å²) in [7, 11) is -3.92. The number of aliphatic hydroxyl groups is 1. The normalized spacial score (nSPS) is 18.2. The highest BCUT2D eigenvalue weighted by atomic mass is 32.2. The number of carbonyl (C=O) groups excluding carboxylic acids is 2. The summed E-state index contributed by atoms with van der Waals surface area (Å²) in [5.74, 6) is -3.63. The first-order valence-electron chi connectivity index (χ1n) is 14.6. The van der Waals surface area contributed by atoms with E-state index in [0.29, 0.717) is 29.8 Å². The lowest BCUT2D eigenvalue weighted by Crippen LogP contribution is -2.51. The van der Waals surface area contributed by atoms with Crippen LogP contribution < -0.4 is 16.2 Å². The molecule has 240 valence electrons. The maximum atomic E-state index is 14.2. The Bertz CT molecular complexity index is 1500. The number of nitrogens with one attached hydrogen (secondary N) is 1. The molecule has 2 aromatic rings. The van der Waals surface area contributed by atoms with E-state index in [-0.39, 0.29) is 42.3 Å². The number of halogens is 2. The molecule has 0 saturated carbocycles. The average Bonchev–Trinajstić information content (AvgIpc) is 2.94. The quantitative estimate of drug-likeness (QED) is 0.236. The van der Waals surface area contributed by atoms with E-state index in [1.54, 1.807) is 30.0 Å². The predicted octanol–water partition coefficient (Wildman–Crippen LogP) is 3.32. The molecule has 2 aromatic carbocycles. The van der Waals surface area contributed by atoms with Crippen LogP contribution in [0.4, 0.5) is 8.78 Å². The van der Waals surface area contributed by atoms with Crippen molar-refractivity contribution in [3.8, 4) is 0 Å². The third-order valence-electron chi connectivity index (χ3n) is 7.79. The first-order chi connectivity index (χ1) is 20.7. The second kappa shape index (κ2) is 15.0. The van der Waals surface area contributed by atoms with Gasteiger partial charge in [-0.1, -0.05) is 43.7 Å². The summed E-state index contributed by atoms with van der Waals surface area (Å²) in [5.41, 5.74) is 6.25. The molecule has 1 aliphatic rings. The molecular weight excluding hydrogens is 590 g/mol. The molecule has 0 fully saturated rings. The van der Waals surface area contributed by atoms with E-state index in [1.807, 2.05) is 13.8 Å². The Hall–Kier alpha value is -3.45. The van der Waals surface area contributed by atoms with Crippen molar-refractivity contribution in [3.05, 3.63) is 88.5 Å². The summed E-state index contributed by atoms with van der Waals surface area (Å²) in [4.78, 5) is 28.7. The van der Waals surface area contributed by atoms with Gasteiger partial charge in [-0.05, 0) is 68.0 Å². The van der Waals surface area contributed by atoms with E-state index < -0.39 is 45.0 Å². The molecule has 0 heterocycles. The highest BCUT2D eigenvalue weighted by Crippen LogP contribution is 2.44. The third kappa shape index (κ3) is 8.81. The number of aliphatic hydroxyl groups excluding tert-OH is 1. The molecule has 0 spiro atoms. The summed E-state index contributed by atoms with van der Waals surface area (Å²) in [6.07, 6.45) is 3.33. The second-order valence-electron chi connectivity index (χ2n) is 11.4. The van der Waals surface area contributed by atoms with Crippen molar-refractivity contribution in [2.24, 2.45) is 22.2 Å². The molecule has 0 aliphatic heterocycles. The predicted molar refractivity (Wildman–Crippen MR) is 164 cm³/mol. The van der Waals surface area contributed by atoms with Gasteiger partial charge >= 0.3 is 0 Å². The Morgan fingerprint density at radius 2 is 1.70 bits per heavy atom. The van der Waals surface area contributed by atoms with Gasteiger partial charge in [0.25, 0.3) is 0 Å². The van der Waals surface area contributed by atoms with Crippen molar-refractivity contribution in [2.75, 3.05) is 19.6 Å². The second-order valence-corrected chi connectivity index (χ2v) is 13.0. The summed E-state index contributed by atoms with van der Waals surface area (Å²) >= 11 is 0. The first kappa shape index (κ1) is 35.0. The molecule has 3 atom stereocenters. The Kier molecular flexibility index (Phi) is 12.0. The number of benzene rings is 2. The van der Waals surface area contributed by atoms with Gasteiger partial charge in [0.2, 0.25) is 21.8 Å². The minimum atomic E-state index is -3.92. The summed E-state index contributed by atoms with van der Waals surface area (Å²) in [5, 5.41) is 19.9. The molecule has 44 heavy (non-hydrogen) atoms. The fourth-order valence-corrected chi connectivity index (χ4v) is 6.48. The molecule has 1 unspecified atom stereocenters. The SMILES string of the molecule is CCCN(CCC)C(=O)C1=CC(C)=CC(C(N)=O)([C@H](Cc2cc(F)cc(F)c2)[C@@H](O)CNCc2cccc(S(N)(=O)=O)c2)C1. The van der Waals surface area contributed by atoms with Crippen LogP contribution in [0, 0.1) is 23.0 Å². The number of nitrogens with two attached hydrogens (primary N) is 2. The maximum absolute atomic E-state index is 14.2. The zero-order valence-electron chi connectivity index (χ0n) is 25.4. The number of rotatable bonds is 15. The van der Waals surface area contributed by atoms with Crippen LogP contribution in [0.25, 0.3) is 0 Å². The molecule has 9 nitrogen and oxygen atoms in total. The largest absolute Gasteiger partial charge is 0.391 e. The first-order valence-corrected chi connectivity index (χ1v) is 16.2. The number of sulfonamides is 1. The number of primary amides is 1. The van der Waals surface area contributed by atoms with E-state index in [4.69, 9.17) is 10.9 Å². The van der Waals surface area contributed by atoms with Crippen molar-refractivity contribution in [1.82, 2.24) is 10.2 Å². The molecular formula is C32H42F2N4O5S. The third-order valence-corrected chi connectivity index (χ3v) is 8.70. The lowest BCUT2D eigenvalue weighted by Gasteiger charge is -2.42. The minimum absolute atomic E-state index is 0.0666. The van der Waals surface area contributed by atoms with Crippen LogP contribution in [-0.2, 0) is 32.6 Å². The average molecular weight is 633 g/mol. The van der Waals surface area contributed by atoms with E-state index >= 15 is 0 Å². The summed E-state index contributed by atoms with van der Waals surface area (Å²) in [6.45, 7) is 6.78. The molecule has 6 N–H and O–H groups in total. The molecule has 0 saturated heterocycles. The molecule has 0 radical (unpaired) electrons. The van der Waals surface area contributed by atoms with E-state index in [2.05, 4.69) is 5.32 Å². The van der Waals surface area contributed by atoms with Gasteiger partial charge in [0.05, 0.1) is 16.4 Å². The van der Waals surface area contributed by atoms with Crippen molar-refractivity contribution in [1.29, 1.82) is 0 Å². The van der Waals surface area contributed by atoms with Gasteiger partial charge < -0.3 is 21.1 Å². The number of carbonyl (C=O) groups is 2. The number of allylic oxidation sites excluding steroid dienone is 2. The summed E-state index contributed by atoms with van der Waals surface area (Å²) < 4.78 is 51.9. The van der Waals surface area contributed by atoms with Crippen molar-refractivity contribution in [3.63, 3.8) is 0 Å². The number of amides is 2. The zero-order chi connectivity index (χ0) is 32.7. The van der Waals surface area contributed by atoms with Crippen LogP contribution in [0.15, 0.2) is 70.7 Å². The van der Waals surface area contributed by atoms with Crippen LogP contribution in [0.3, 0.4) is 0 Å². The Balaban J connectivity index is 1.98. The van der Waals surface area contributed by atoms with Crippen molar-refractivity contribution in [2.45, 2.75) is 64.0 Å². The van der Waals surface area contributed by atoms with Gasteiger partial charge in [0.1, 0.15) is 11.6 Å². The number of nitrogens with zero attached hydrogens (tertiary/aromatic N) is 1. The number of hydrogen-bond acceptors (Lipinski definition) is 6. The van der Waals surface area contributed by atoms with E-state index in [9.17, 15) is 31.9 Å². The van der Waals surface area contributed by atoms with Gasteiger partial charge in [0, 0.05) is 43.7 Å². The zero-order valence-corrected chi connectivity index (χ0v) is 26.2. The molecule has 2 amide bonds. The van der Waals surface area contributed by atoms with Crippen LogP contribution in [0.2, 0.25) is 0 Å². The maximum Gasteiger partial charge on any atom is 0.249 e. The van der Waals surface area contributed by atoms with Crippen LogP contribution in [0.5, 0.6) is 0 Å². The van der Waals surface area contributed by atoms with Gasteiger partial charge in [-0.15, -0.1) is 0 Å². The fourth-order valence-electron chi connectivity index (χ4n) is 5.90. The Morgan fingerprint density at radius 3 is 2.27 bits per heavy atom. The standard InChI is InChI=1S/C32H42F2N4O5S/c1-4-9-38(10-5-2)30(40)24-11-21(3)17-32(18-24,31(35)41)28(15-23-12-25(33)16-26(34)13-23)29(39)20-37-19-22-7-6-8-27(14-22)44(36,42)43/h6-8,11-14,16-17,28-29,37,39H,4-5,9-10,15,18-20H2,1-3H3,(H2,35,41)(H2,36,42,43)/t28-,29+,32?/m1/s1. The van der Waals surface area contributed by atoms with Gasteiger partial charge in [-0.2, -0.15) is 0 Å². The number of hydrogen-bond donors (Lipinski definition) is 4. The number of primary sulfonamides is 1. The van der Waals surface area contributed by atoms with E-state index in [1.165, 1.54) is 18.2 Å². The van der Waals surface area contributed by atoms with Gasteiger partial charge in [-0.25, -0.2) is 22.3 Å². The highest BCUT2D eigenvalue weighted by Gasteiger charge is 2.48. The highest BCUT2D eigenvalue weighted by molar-refractivity contribution is 7.89. The smallest absolute Gasteiger partial charge is 0.249 e. The van der Waals surface area contributed by atoms with E-state index in [0.717, 1.165) is 31.0 Å². The molecule has 0 aromatic heterocycles. The van der Waals surface area contributed by atoms with Crippen LogP contribution >= 0.6 is 0 Å². The van der Waals surface area contributed by atoms with Gasteiger partial charge in [0.15, 0.2) is 0 Å².